The van der Waals surface area contributed by atoms with Gasteiger partial charge in [0.25, 0.3) is 0 Å². The molecule has 2 fully saturated rings. The van der Waals surface area contributed by atoms with E-state index in [1.165, 1.54) is 14.0 Å². The lowest BCUT2D eigenvalue weighted by Crippen LogP contribution is -2.60. The Morgan fingerprint density at radius 3 is 2.62 bits per heavy atom. The molecular weight excluding hydrogens is 372 g/mol. The zero-order valence-corrected chi connectivity index (χ0v) is 17.7. The van der Waals surface area contributed by atoms with Crippen LogP contribution in [0.3, 0.4) is 0 Å². The number of rotatable bonds is 4. The van der Waals surface area contributed by atoms with Gasteiger partial charge in [0.15, 0.2) is 0 Å². The SMILES string of the molecule is C=C1CC[C@H]2[C@@](C)(CC[C@@H](OC(C)=O)[C@@]2(C)C(=O)OC)[C@@H]1/C=C/C1=CCOC1=O. The molecule has 0 bridgehead atoms. The number of esters is 3. The zero-order valence-electron chi connectivity index (χ0n) is 17.7. The van der Waals surface area contributed by atoms with Crippen LogP contribution in [0.1, 0.15) is 46.5 Å². The molecule has 0 aromatic rings. The zero-order chi connectivity index (χ0) is 21.4. The van der Waals surface area contributed by atoms with Gasteiger partial charge in [0.2, 0.25) is 0 Å². The van der Waals surface area contributed by atoms with Gasteiger partial charge >= 0.3 is 17.9 Å². The molecule has 5 atom stereocenters. The van der Waals surface area contributed by atoms with Gasteiger partial charge in [-0.25, -0.2) is 4.79 Å². The van der Waals surface area contributed by atoms with E-state index in [-0.39, 0.29) is 29.2 Å². The summed E-state index contributed by atoms with van der Waals surface area (Å²) in [7, 11) is 1.38. The molecule has 2 aliphatic carbocycles. The third kappa shape index (κ3) is 3.53. The molecule has 0 aromatic heterocycles. The van der Waals surface area contributed by atoms with E-state index >= 15 is 0 Å². The van der Waals surface area contributed by atoms with Crippen molar-refractivity contribution >= 4 is 17.9 Å². The van der Waals surface area contributed by atoms with E-state index in [0.717, 1.165) is 24.8 Å². The highest BCUT2D eigenvalue weighted by Crippen LogP contribution is 2.62. The third-order valence-corrected chi connectivity index (χ3v) is 7.19. The minimum absolute atomic E-state index is 0.00203. The van der Waals surface area contributed by atoms with Crippen LogP contribution >= 0.6 is 0 Å². The number of carbonyl (C=O) groups is 3. The lowest BCUT2D eigenvalue weighted by molar-refractivity contribution is -0.195. The van der Waals surface area contributed by atoms with Crippen molar-refractivity contribution < 1.29 is 28.6 Å². The number of ether oxygens (including phenoxy) is 3. The Hall–Kier alpha value is -2.37. The second-order valence-electron chi connectivity index (χ2n) is 8.76. The summed E-state index contributed by atoms with van der Waals surface area (Å²) in [5.74, 6) is -1.11. The van der Waals surface area contributed by atoms with E-state index in [1.54, 1.807) is 6.08 Å². The molecule has 3 rings (SSSR count). The number of carbonyl (C=O) groups excluding carboxylic acids is 3. The van der Waals surface area contributed by atoms with Crippen LogP contribution in [0.25, 0.3) is 0 Å². The molecule has 2 saturated carbocycles. The first-order valence-electron chi connectivity index (χ1n) is 10.1. The summed E-state index contributed by atoms with van der Waals surface area (Å²) in [4.78, 5) is 36.4. The van der Waals surface area contributed by atoms with Crippen molar-refractivity contribution in [3.8, 4) is 0 Å². The number of allylic oxidation sites excluding steroid dienone is 2. The standard InChI is InChI=1S/C23H30O6/c1-14-6-9-18-22(3,17(14)8-7-16-11-13-28-20(16)25)12-10-19(29-15(2)24)23(18,4)21(26)27-5/h7-8,11,17-19H,1,6,9-10,12-13H2,2-5H3/b8-7+/t17-,18+,19-,22+,23+/m1/s1. The van der Waals surface area contributed by atoms with Crippen LogP contribution in [-0.2, 0) is 28.6 Å². The minimum atomic E-state index is -0.939. The van der Waals surface area contributed by atoms with Gasteiger partial charge < -0.3 is 14.2 Å². The molecule has 0 unspecified atom stereocenters. The first-order chi connectivity index (χ1) is 13.6. The smallest absolute Gasteiger partial charge is 0.338 e. The van der Waals surface area contributed by atoms with Gasteiger partial charge in [-0.2, -0.15) is 0 Å². The third-order valence-electron chi connectivity index (χ3n) is 7.19. The summed E-state index contributed by atoms with van der Waals surface area (Å²) < 4.78 is 15.7. The summed E-state index contributed by atoms with van der Waals surface area (Å²) in [6.07, 6.45) is 7.96. The van der Waals surface area contributed by atoms with Gasteiger partial charge in [-0.05, 0) is 50.0 Å². The summed E-state index contributed by atoms with van der Waals surface area (Å²) in [6.45, 7) is 9.99. The lowest BCUT2D eigenvalue weighted by Gasteiger charge is -2.58. The molecule has 0 radical (unpaired) electrons. The van der Waals surface area contributed by atoms with Crippen LogP contribution < -0.4 is 0 Å². The van der Waals surface area contributed by atoms with Crippen molar-refractivity contribution in [1.29, 1.82) is 0 Å². The molecular formula is C23H30O6. The molecule has 158 valence electrons. The minimum Gasteiger partial charge on any atom is -0.468 e. The normalized spacial score (nSPS) is 37.0. The summed E-state index contributed by atoms with van der Waals surface area (Å²) in [5, 5.41) is 0. The number of cyclic esters (lactones) is 1. The molecule has 6 heteroatoms. The van der Waals surface area contributed by atoms with Crippen molar-refractivity contribution in [2.24, 2.45) is 22.7 Å². The molecule has 6 nitrogen and oxygen atoms in total. The Bertz CT molecular complexity index is 793. The summed E-state index contributed by atoms with van der Waals surface area (Å²) in [6, 6.07) is 0. The fourth-order valence-corrected chi connectivity index (χ4v) is 5.72. The topological polar surface area (TPSA) is 78.9 Å². The van der Waals surface area contributed by atoms with Crippen LogP contribution in [0.5, 0.6) is 0 Å². The van der Waals surface area contributed by atoms with Crippen LogP contribution in [0.2, 0.25) is 0 Å². The molecule has 1 aliphatic heterocycles. The van der Waals surface area contributed by atoms with E-state index in [2.05, 4.69) is 13.5 Å². The molecule has 0 saturated heterocycles. The maximum absolute atomic E-state index is 13.0. The van der Waals surface area contributed by atoms with E-state index in [1.807, 2.05) is 19.1 Å². The molecule has 0 aromatic carbocycles. The lowest BCUT2D eigenvalue weighted by atomic mass is 9.46. The van der Waals surface area contributed by atoms with E-state index < -0.39 is 17.5 Å². The summed E-state index contributed by atoms with van der Waals surface area (Å²) >= 11 is 0. The number of methoxy groups -OCH3 is 1. The van der Waals surface area contributed by atoms with Crippen molar-refractivity contribution in [3.63, 3.8) is 0 Å². The molecule has 29 heavy (non-hydrogen) atoms. The van der Waals surface area contributed by atoms with Crippen molar-refractivity contribution in [1.82, 2.24) is 0 Å². The maximum Gasteiger partial charge on any atom is 0.338 e. The van der Waals surface area contributed by atoms with Crippen molar-refractivity contribution in [3.05, 3.63) is 36.0 Å². The van der Waals surface area contributed by atoms with Crippen LogP contribution in [0.4, 0.5) is 0 Å². The van der Waals surface area contributed by atoms with Gasteiger partial charge in [0, 0.05) is 12.8 Å². The monoisotopic (exact) mass is 402 g/mol. The largest absolute Gasteiger partial charge is 0.468 e. The Morgan fingerprint density at radius 2 is 2.03 bits per heavy atom. The second-order valence-corrected chi connectivity index (χ2v) is 8.76. The van der Waals surface area contributed by atoms with E-state index in [4.69, 9.17) is 14.2 Å². The van der Waals surface area contributed by atoms with Gasteiger partial charge in [0.1, 0.15) is 18.1 Å². The van der Waals surface area contributed by atoms with Crippen LogP contribution in [0, 0.1) is 22.7 Å². The van der Waals surface area contributed by atoms with Gasteiger partial charge in [-0.3, -0.25) is 9.59 Å². The molecule has 3 aliphatic rings. The van der Waals surface area contributed by atoms with Crippen molar-refractivity contribution in [2.75, 3.05) is 13.7 Å². The summed E-state index contributed by atoms with van der Waals surface area (Å²) in [5.41, 5.74) is 0.429. The first-order valence-corrected chi connectivity index (χ1v) is 10.1. The van der Waals surface area contributed by atoms with Gasteiger partial charge in [-0.1, -0.05) is 31.2 Å². The first kappa shape index (κ1) is 21.3. The quantitative estimate of drug-likeness (QED) is 0.407. The predicted octanol–water partition coefficient (Wildman–Crippen LogP) is 3.52. The van der Waals surface area contributed by atoms with Crippen LogP contribution in [-0.4, -0.2) is 37.7 Å². The average molecular weight is 402 g/mol. The fourth-order valence-electron chi connectivity index (χ4n) is 5.72. The molecule has 0 amide bonds. The molecule has 0 spiro atoms. The number of hydrogen-bond donors (Lipinski definition) is 0. The average Bonchev–Trinajstić information content (AvgIpc) is 3.07. The Balaban J connectivity index is 1.98. The fraction of sp³-hybridized carbons (Fsp3) is 0.609. The van der Waals surface area contributed by atoms with Crippen LogP contribution in [0.15, 0.2) is 36.0 Å². The number of fused-ring (bicyclic) bond motifs is 1. The predicted molar refractivity (Wildman–Crippen MR) is 107 cm³/mol. The highest BCUT2D eigenvalue weighted by Gasteiger charge is 2.62. The Labute approximate surface area is 172 Å². The Morgan fingerprint density at radius 1 is 1.31 bits per heavy atom. The van der Waals surface area contributed by atoms with E-state index in [9.17, 15) is 14.4 Å². The number of hydrogen-bond acceptors (Lipinski definition) is 6. The van der Waals surface area contributed by atoms with E-state index in [0.29, 0.717) is 18.6 Å². The maximum atomic E-state index is 13.0. The second kappa shape index (κ2) is 7.81. The molecule has 1 heterocycles. The molecule has 0 N–H and O–H groups in total. The highest BCUT2D eigenvalue weighted by molar-refractivity contribution is 5.93. The van der Waals surface area contributed by atoms with Gasteiger partial charge in [0.05, 0.1) is 12.7 Å². The highest BCUT2D eigenvalue weighted by atomic mass is 16.6. The Kier molecular flexibility index (Phi) is 5.74. The van der Waals surface area contributed by atoms with Crippen molar-refractivity contribution in [2.45, 2.75) is 52.6 Å². The van der Waals surface area contributed by atoms with Gasteiger partial charge in [-0.15, -0.1) is 0 Å².